The first kappa shape index (κ1) is 7.51. The Labute approximate surface area is 82.0 Å². The summed E-state index contributed by atoms with van der Waals surface area (Å²) in [6, 6.07) is 17.5. The molecule has 3 aromatic rings. The molecule has 0 saturated carbocycles. The molecule has 0 aliphatic carbocycles. The largest absolute Gasteiger partial charge is 0.256 e. The van der Waals surface area contributed by atoms with Crippen molar-refractivity contribution < 1.29 is 0 Å². The molecule has 14 heavy (non-hydrogen) atoms. The maximum atomic E-state index is 4.28. The summed E-state index contributed by atoms with van der Waals surface area (Å²) in [6.07, 6.45) is 1.71. The average Bonchev–Trinajstić information content (AvgIpc) is 2.26. The molecule has 0 N–H and O–H groups in total. The van der Waals surface area contributed by atoms with Gasteiger partial charge in [-0.15, -0.1) is 0 Å². The average molecular weight is 178 g/mol. The van der Waals surface area contributed by atoms with Crippen LogP contribution in [0.4, 0.5) is 0 Å². The van der Waals surface area contributed by atoms with Gasteiger partial charge in [0, 0.05) is 17.6 Å². The number of nitrogens with zero attached hydrogens (tertiary/aromatic N) is 1. The highest BCUT2D eigenvalue weighted by Gasteiger charge is 1.96. The first-order valence-corrected chi connectivity index (χ1v) is 4.58. The highest BCUT2D eigenvalue weighted by molar-refractivity contribution is 5.96. The second-order valence-corrected chi connectivity index (χ2v) is 3.33. The van der Waals surface area contributed by atoms with Crippen molar-refractivity contribution >= 4 is 21.7 Å². The van der Waals surface area contributed by atoms with Crippen molar-refractivity contribution in [3.05, 3.63) is 54.7 Å². The zero-order valence-corrected chi connectivity index (χ0v) is 7.57. The minimum absolute atomic E-state index is 1.03. The minimum atomic E-state index is 1.03. The summed E-state index contributed by atoms with van der Waals surface area (Å²) in [7, 11) is 0. The number of benzene rings is 2. The summed E-state index contributed by atoms with van der Waals surface area (Å²) in [6.45, 7) is 0. The molecule has 0 bridgehead atoms. The molecule has 1 nitrogen and oxygen atoms in total. The molecule has 65 valence electrons. The van der Waals surface area contributed by atoms with E-state index in [-0.39, 0.29) is 0 Å². The van der Waals surface area contributed by atoms with Crippen molar-refractivity contribution in [2.75, 3.05) is 0 Å². The van der Waals surface area contributed by atoms with Crippen molar-refractivity contribution in [3.8, 4) is 0 Å². The molecule has 3 rings (SSSR count). The molecular weight excluding hydrogens is 170 g/mol. The summed E-state index contributed by atoms with van der Waals surface area (Å²) < 4.78 is 0. The Morgan fingerprint density at radius 3 is 2.57 bits per heavy atom. The van der Waals surface area contributed by atoms with Gasteiger partial charge < -0.3 is 0 Å². The van der Waals surface area contributed by atoms with Crippen LogP contribution in [0.2, 0.25) is 0 Å². The first-order valence-electron chi connectivity index (χ1n) is 4.58. The number of hydrogen-bond acceptors (Lipinski definition) is 1. The lowest BCUT2D eigenvalue weighted by atomic mass is 10.1. The summed E-state index contributed by atoms with van der Waals surface area (Å²) in [4.78, 5) is 4.28. The number of hydrogen-bond donors (Lipinski definition) is 0. The van der Waals surface area contributed by atoms with Gasteiger partial charge in [0.1, 0.15) is 0 Å². The number of rotatable bonds is 0. The molecule has 0 aliphatic rings. The van der Waals surface area contributed by atoms with Gasteiger partial charge in [-0.05, 0) is 29.0 Å². The van der Waals surface area contributed by atoms with Crippen LogP contribution in [0.25, 0.3) is 21.7 Å². The normalized spacial score (nSPS) is 10.9. The monoisotopic (exact) mass is 178 g/mol. The van der Waals surface area contributed by atoms with Gasteiger partial charge in [0.15, 0.2) is 0 Å². The molecule has 0 spiro atoms. The molecule has 0 saturated heterocycles. The molecule has 0 unspecified atom stereocenters. The third kappa shape index (κ3) is 1.06. The predicted molar refractivity (Wildman–Crippen MR) is 58.1 cm³/mol. The van der Waals surface area contributed by atoms with Crippen LogP contribution < -0.4 is 0 Å². The van der Waals surface area contributed by atoms with Gasteiger partial charge in [0.05, 0.1) is 5.52 Å². The van der Waals surface area contributed by atoms with E-state index in [1.54, 1.807) is 6.20 Å². The second kappa shape index (κ2) is 2.81. The molecule has 0 fully saturated rings. The van der Waals surface area contributed by atoms with Crippen LogP contribution in [0.5, 0.6) is 0 Å². The maximum Gasteiger partial charge on any atom is 0.0708 e. The van der Waals surface area contributed by atoms with E-state index in [2.05, 4.69) is 35.3 Å². The minimum Gasteiger partial charge on any atom is -0.256 e. The summed E-state index contributed by atoms with van der Waals surface area (Å²) in [5.74, 6) is 0. The molecule has 1 heterocycles. The molecule has 0 atom stereocenters. The van der Waals surface area contributed by atoms with Crippen LogP contribution in [0.1, 0.15) is 0 Å². The van der Waals surface area contributed by atoms with Gasteiger partial charge in [0.25, 0.3) is 0 Å². The van der Waals surface area contributed by atoms with E-state index < -0.39 is 0 Å². The van der Waals surface area contributed by atoms with Crippen LogP contribution in [0.3, 0.4) is 0 Å². The number of pyridine rings is 1. The topological polar surface area (TPSA) is 12.9 Å². The van der Waals surface area contributed by atoms with Crippen molar-refractivity contribution in [2.24, 2.45) is 0 Å². The Bertz CT molecular complexity index is 494. The van der Waals surface area contributed by atoms with Gasteiger partial charge in [-0.3, -0.25) is 4.98 Å². The quantitative estimate of drug-likeness (QED) is 0.482. The standard InChI is InChI=1S/C13H8N/c1-2-5-11-9-13-12(6-3-7-14-13)8-10(11)4-1/h1-2,4-9H. The third-order valence-electron chi connectivity index (χ3n) is 2.41. The Morgan fingerprint density at radius 1 is 0.929 bits per heavy atom. The van der Waals surface area contributed by atoms with E-state index in [1.165, 1.54) is 10.8 Å². The van der Waals surface area contributed by atoms with Gasteiger partial charge in [-0.25, -0.2) is 0 Å². The van der Waals surface area contributed by atoms with Gasteiger partial charge in [-0.1, -0.05) is 24.3 Å². The lowest BCUT2D eigenvalue weighted by molar-refractivity contribution is 1.41. The van der Waals surface area contributed by atoms with E-state index in [0.29, 0.717) is 0 Å². The fourth-order valence-electron chi connectivity index (χ4n) is 1.71. The smallest absolute Gasteiger partial charge is 0.0708 e. The Balaban J connectivity index is 2.52. The lowest BCUT2D eigenvalue weighted by Gasteiger charge is -1.99. The van der Waals surface area contributed by atoms with Crippen molar-refractivity contribution in [2.45, 2.75) is 0 Å². The molecule has 0 aliphatic heterocycles. The second-order valence-electron chi connectivity index (χ2n) is 3.33. The van der Waals surface area contributed by atoms with Crippen LogP contribution >= 0.6 is 0 Å². The number of aromatic nitrogens is 1. The molecule has 1 aromatic heterocycles. The van der Waals surface area contributed by atoms with E-state index in [0.717, 1.165) is 10.9 Å². The molecule has 1 radical (unpaired) electrons. The fraction of sp³-hybridized carbons (Fsp3) is 0. The third-order valence-corrected chi connectivity index (χ3v) is 2.41. The summed E-state index contributed by atoms with van der Waals surface area (Å²) in [5.41, 5.74) is 1.03. The number of fused-ring (bicyclic) bond motifs is 2. The molecule has 0 amide bonds. The van der Waals surface area contributed by atoms with E-state index in [4.69, 9.17) is 0 Å². The Kier molecular flexibility index (Phi) is 1.51. The van der Waals surface area contributed by atoms with Crippen LogP contribution in [-0.2, 0) is 0 Å². The van der Waals surface area contributed by atoms with E-state index >= 15 is 0 Å². The fourth-order valence-corrected chi connectivity index (χ4v) is 1.71. The van der Waals surface area contributed by atoms with Crippen molar-refractivity contribution in [1.29, 1.82) is 0 Å². The highest BCUT2D eigenvalue weighted by Crippen LogP contribution is 2.20. The predicted octanol–water partition coefficient (Wildman–Crippen LogP) is 3.19. The maximum absolute atomic E-state index is 4.28. The van der Waals surface area contributed by atoms with Gasteiger partial charge in [-0.2, -0.15) is 0 Å². The van der Waals surface area contributed by atoms with E-state index in [9.17, 15) is 0 Å². The molecular formula is C13H8N. The van der Waals surface area contributed by atoms with Crippen LogP contribution in [0.15, 0.2) is 48.7 Å². The lowest BCUT2D eigenvalue weighted by Crippen LogP contribution is -1.78. The van der Waals surface area contributed by atoms with Crippen molar-refractivity contribution in [1.82, 2.24) is 4.98 Å². The Hall–Kier alpha value is -1.89. The summed E-state index contributed by atoms with van der Waals surface area (Å²) in [5, 5.41) is 3.63. The van der Waals surface area contributed by atoms with Crippen LogP contribution in [-0.4, -0.2) is 4.98 Å². The Morgan fingerprint density at radius 2 is 1.71 bits per heavy atom. The molecule has 1 heteroatoms. The molecule has 2 aromatic carbocycles. The van der Waals surface area contributed by atoms with Gasteiger partial charge in [0.2, 0.25) is 0 Å². The zero-order valence-electron chi connectivity index (χ0n) is 7.57. The summed E-state index contributed by atoms with van der Waals surface area (Å²) >= 11 is 0. The highest BCUT2D eigenvalue weighted by atomic mass is 14.6. The van der Waals surface area contributed by atoms with E-state index in [1.807, 2.05) is 18.2 Å². The first-order chi connectivity index (χ1) is 6.93. The SMILES string of the molecule is [c]1cnc2cc3ccccc3cc2c1. The zero-order chi connectivity index (χ0) is 9.38. The van der Waals surface area contributed by atoms with Crippen LogP contribution in [0, 0.1) is 6.07 Å². The van der Waals surface area contributed by atoms with Crippen molar-refractivity contribution in [3.63, 3.8) is 0 Å². The van der Waals surface area contributed by atoms with Gasteiger partial charge >= 0.3 is 0 Å².